The Balaban J connectivity index is 2.38. The third-order valence-electron chi connectivity index (χ3n) is 3.47. The lowest BCUT2D eigenvalue weighted by atomic mass is 10.2. The molecule has 2 rings (SSSR count). The molecule has 0 fully saturated rings. The van der Waals surface area contributed by atoms with E-state index < -0.39 is 10.0 Å². The van der Waals surface area contributed by atoms with Gasteiger partial charge in [0.15, 0.2) is 0 Å². The Morgan fingerprint density at radius 3 is 2.38 bits per heavy atom. The van der Waals surface area contributed by atoms with Gasteiger partial charge in [0.2, 0.25) is 10.0 Å². The summed E-state index contributed by atoms with van der Waals surface area (Å²) in [5.41, 5.74) is 7.06. The van der Waals surface area contributed by atoms with Gasteiger partial charge in [-0.25, -0.2) is 8.42 Å². The Labute approximate surface area is 130 Å². The highest BCUT2D eigenvalue weighted by Crippen LogP contribution is 2.30. The Morgan fingerprint density at radius 2 is 1.86 bits per heavy atom. The quantitative estimate of drug-likeness (QED) is 0.877. The highest BCUT2D eigenvalue weighted by atomic mass is 32.2. The number of hydrogen-bond donors (Lipinski definition) is 1. The summed E-state index contributed by atoms with van der Waals surface area (Å²) in [6.45, 7) is 5.74. The molecule has 0 spiro atoms. The number of nitrogens with two attached hydrogens (primary N) is 1. The second-order valence-electron chi connectivity index (χ2n) is 5.23. The van der Waals surface area contributed by atoms with E-state index >= 15 is 0 Å². The van der Waals surface area contributed by atoms with Crippen LogP contribution in [0.1, 0.15) is 28.3 Å². The number of nitrogens with zero attached hydrogens (tertiary/aromatic N) is 1. The number of nitrogen functional groups attached to an aromatic ring is 1. The third kappa shape index (κ3) is 3.28. The maximum Gasteiger partial charge on any atom is 0.243 e. The molecule has 21 heavy (non-hydrogen) atoms. The molecule has 0 aliphatic rings. The van der Waals surface area contributed by atoms with Crippen LogP contribution in [0.2, 0.25) is 0 Å². The Bertz CT molecular complexity index is 731. The molecule has 1 heterocycles. The van der Waals surface area contributed by atoms with E-state index in [0.717, 1.165) is 10.4 Å². The summed E-state index contributed by atoms with van der Waals surface area (Å²) in [5, 5.41) is 0. The summed E-state index contributed by atoms with van der Waals surface area (Å²) in [5.74, 6) is 0. The maximum absolute atomic E-state index is 12.7. The molecule has 0 aliphatic carbocycles. The van der Waals surface area contributed by atoms with Gasteiger partial charge in [0.1, 0.15) is 0 Å². The molecule has 4 nitrogen and oxygen atoms in total. The smallest absolute Gasteiger partial charge is 0.243 e. The van der Waals surface area contributed by atoms with E-state index in [1.165, 1.54) is 15.2 Å². The number of aryl methyl sites for hydroxylation is 2. The predicted octanol–water partition coefficient (Wildman–Crippen LogP) is 3.33. The van der Waals surface area contributed by atoms with Gasteiger partial charge in [0, 0.05) is 22.5 Å². The minimum Gasteiger partial charge on any atom is -0.399 e. The van der Waals surface area contributed by atoms with Gasteiger partial charge in [-0.1, -0.05) is 0 Å². The van der Waals surface area contributed by atoms with Crippen molar-refractivity contribution < 1.29 is 8.42 Å². The lowest BCUT2D eigenvalue weighted by Crippen LogP contribution is -2.29. The lowest BCUT2D eigenvalue weighted by Gasteiger charge is -2.23. The van der Waals surface area contributed by atoms with Gasteiger partial charge in [-0.05, 0) is 56.7 Å². The van der Waals surface area contributed by atoms with Crippen LogP contribution in [0.3, 0.4) is 0 Å². The van der Waals surface area contributed by atoms with Crippen molar-refractivity contribution in [1.29, 1.82) is 0 Å². The predicted molar refractivity (Wildman–Crippen MR) is 88.0 cm³/mol. The molecule has 1 atom stereocenters. The van der Waals surface area contributed by atoms with Crippen LogP contribution in [0.5, 0.6) is 0 Å². The van der Waals surface area contributed by atoms with Gasteiger partial charge < -0.3 is 5.73 Å². The average molecular weight is 324 g/mol. The molecule has 0 amide bonds. The first kappa shape index (κ1) is 16.0. The summed E-state index contributed by atoms with van der Waals surface area (Å²) >= 11 is 1.61. The minimum absolute atomic E-state index is 0.213. The van der Waals surface area contributed by atoms with E-state index in [1.54, 1.807) is 30.5 Å². The van der Waals surface area contributed by atoms with Gasteiger partial charge in [-0.3, -0.25) is 0 Å². The van der Waals surface area contributed by atoms with Crippen LogP contribution >= 0.6 is 11.3 Å². The number of thiophene rings is 1. The van der Waals surface area contributed by atoms with Crippen molar-refractivity contribution in [3.05, 3.63) is 45.6 Å². The summed E-state index contributed by atoms with van der Waals surface area (Å²) in [4.78, 5) is 2.43. The number of anilines is 1. The van der Waals surface area contributed by atoms with Crippen molar-refractivity contribution in [3.63, 3.8) is 0 Å². The normalized spacial score (nSPS) is 13.6. The van der Waals surface area contributed by atoms with E-state index in [-0.39, 0.29) is 10.9 Å². The maximum atomic E-state index is 12.7. The van der Waals surface area contributed by atoms with Crippen molar-refractivity contribution in [2.45, 2.75) is 31.7 Å². The zero-order valence-electron chi connectivity index (χ0n) is 12.6. The molecule has 2 aromatic rings. The van der Waals surface area contributed by atoms with Crippen molar-refractivity contribution in [2.75, 3.05) is 12.8 Å². The molecule has 114 valence electrons. The molecular formula is C15H20N2O2S2. The van der Waals surface area contributed by atoms with Crippen LogP contribution < -0.4 is 5.73 Å². The van der Waals surface area contributed by atoms with Crippen molar-refractivity contribution in [2.24, 2.45) is 0 Å². The van der Waals surface area contributed by atoms with Gasteiger partial charge >= 0.3 is 0 Å². The minimum atomic E-state index is -3.56. The fourth-order valence-electron chi connectivity index (χ4n) is 2.16. The first-order valence-electron chi connectivity index (χ1n) is 6.63. The standard InChI is InChI=1S/C15H20N2O2S2/c1-10-7-13(16)9-14(8-10)21(18,19)17(4)12(3)15-6-5-11(2)20-15/h5-9,12H,16H2,1-4H3. The van der Waals surface area contributed by atoms with Crippen LogP contribution in [0, 0.1) is 13.8 Å². The van der Waals surface area contributed by atoms with Crippen molar-refractivity contribution >= 4 is 27.0 Å². The van der Waals surface area contributed by atoms with Crippen molar-refractivity contribution in [3.8, 4) is 0 Å². The van der Waals surface area contributed by atoms with E-state index in [1.807, 2.05) is 32.9 Å². The molecular weight excluding hydrogens is 304 g/mol. The van der Waals surface area contributed by atoms with Crippen LogP contribution in [-0.4, -0.2) is 19.8 Å². The van der Waals surface area contributed by atoms with Crippen LogP contribution in [0.25, 0.3) is 0 Å². The van der Waals surface area contributed by atoms with Gasteiger partial charge in [0.25, 0.3) is 0 Å². The van der Waals surface area contributed by atoms with Gasteiger partial charge in [0.05, 0.1) is 10.9 Å². The summed E-state index contributed by atoms with van der Waals surface area (Å²) in [6, 6.07) is 8.67. The number of sulfonamides is 1. The van der Waals surface area contributed by atoms with E-state index in [4.69, 9.17) is 5.73 Å². The van der Waals surface area contributed by atoms with Crippen LogP contribution in [-0.2, 0) is 10.0 Å². The molecule has 1 aromatic heterocycles. The van der Waals surface area contributed by atoms with Crippen LogP contribution in [0.15, 0.2) is 35.2 Å². The third-order valence-corrected chi connectivity index (χ3v) is 6.55. The molecule has 6 heteroatoms. The first-order chi connectivity index (χ1) is 9.71. The molecule has 0 saturated carbocycles. The highest BCUT2D eigenvalue weighted by Gasteiger charge is 2.27. The highest BCUT2D eigenvalue weighted by molar-refractivity contribution is 7.89. The summed E-state index contributed by atoms with van der Waals surface area (Å²) < 4.78 is 26.9. The average Bonchev–Trinajstić information content (AvgIpc) is 2.82. The molecule has 0 aliphatic heterocycles. The second-order valence-corrected chi connectivity index (χ2v) is 8.54. The van der Waals surface area contributed by atoms with Crippen LogP contribution in [0.4, 0.5) is 5.69 Å². The van der Waals surface area contributed by atoms with Gasteiger partial charge in [-0.15, -0.1) is 11.3 Å². The zero-order chi connectivity index (χ0) is 15.8. The molecule has 2 N–H and O–H groups in total. The number of rotatable bonds is 4. The molecule has 1 unspecified atom stereocenters. The number of benzene rings is 1. The largest absolute Gasteiger partial charge is 0.399 e. The monoisotopic (exact) mass is 324 g/mol. The molecule has 1 aromatic carbocycles. The lowest BCUT2D eigenvalue weighted by molar-refractivity contribution is 0.403. The summed E-state index contributed by atoms with van der Waals surface area (Å²) in [6.07, 6.45) is 0. The Kier molecular flexibility index (Phi) is 4.41. The number of hydrogen-bond acceptors (Lipinski definition) is 4. The topological polar surface area (TPSA) is 63.4 Å². The summed E-state index contributed by atoms with van der Waals surface area (Å²) in [7, 11) is -1.96. The fraction of sp³-hybridized carbons (Fsp3) is 0.333. The zero-order valence-corrected chi connectivity index (χ0v) is 14.3. The molecule has 0 saturated heterocycles. The first-order valence-corrected chi connectivity index (χ1v) is 8.89. The van der Waals surface area contributed by atoms with E-state index in [9.17, 15) is 8.42 Å². The van der Waals surface area contributed by atoms with Crippen molar-refractivity contribution in [1.82, 2.24) is 4.31 Å². The Hall–Kier alpha value is -1.37. The van der Waals surface area contributed by atoms with Gasteiger partial charge in [-0.2, -0.15) is 4.31 Å². The SMILES string of the molecule is Cc1cc(N)cc(S(=O)(=O)N(C)C(C)c2ccc(C)s2)c1. The van der Waals surface area contributed by atoms with E-state index in [2.05, 4.69) is 0 Å². The fourth-order valence-corrected chi connectivity index (χ4v) is 4.68. The Morgan fingerprint density at radius 1 is 1.19 bits per heavy atom. The molecule has 0 radical (unpaired) electrons. The molecule has 0 bridgehead atoms. The van der Waals surface area contributed by atoms with E-state index in [0.29, 0.717) is 5.69 Å². The second kappa shape index (κ2) is 5.79.